The van der Waals surface area contributed by atoms with Gasteiger partial charge in [0.2, 0.25) is 8.32 Å². The van der Waals surface area contributed by atoms with Crippen LogP contribution in [0.4, 0.5) is 0 Å². The molecule has 0 aliphatic carbocycles. The zero-order valence-corrected chi connectivity index (χ0v) is 12.4. The molecule has 0 aromatic rings. The van der Waals surface area contributed by atoms with Gasteiger partial charge in [0.15, 0.2) is 0 Å². The lowest BCUT2D eigenvalue weighted by atomic mass is 10.6. The molecule has 0 N–H and O–H groups in total. The highest BCUT2D eigenvalue weighted by Gasteiger charge is 2.39. The number of rotatable bonds is 7. The summed E-state index contributed by atoms with van der Waals surface area (Å²) in [6.07, 6.45) is 0.623. The smallest absolute Gasteiger partial charge is 0.257 e. The molecule has 0 unspecified atom stereocenters. The van der Waals surface area contributed by atoms with Crippen LogP contribution in [0.3, 0.4) is 0 Å². The second-order valence-electron chi connectivity index (χ2n) is 4.27. The molecule has 0 amide bonds. The maximum atomic E-state index is 11.7. The lowest BCUT2D eigenvalue weighted by molar-refractivity contribution is 0.466. The van der Waals surface area contributed by atoms with Crippen LogP contribution in [-0.4, -0.2) is 22.5 Å². The van der Waals surface area contributed by atoms with Crippen LogP contribution >= 0.6 is 0 Å². The van der Waals surface area contributed by atoms with Crippen LogP contribution in [0.15, 0.2) is 0 Å². The molecule has 5 heteroatoms. The van der Waals surface area contributed by atoms with Crippen LogP contribution in [0, 0.1) is 0 Å². The van der Waals surface area contributed by atoms with E-state index >= 15 is 0 Å². The number of hydrogen-bond donors (Lipinski definition) is 0. The second-order valence-corrected chi connectivity index (χ2v) is 11.2. The summed E-state index contributed by atoms with van der Waals surface area (Å²) >= 11 is 0. The Hall–Kier alpha value is 0.127. The molecule has 0 fully saturated rings. The van der Waals surface area contributed by atoms with Gasteiger partial charge in [-0.25, -0.2) is 8.42 Å². The van der Waals surface area contributed by atoms with Crippen molar-refractivity contribution in [3.05, 3.63) is 0 Å². The Balaban J connectivity index is 4.83. The van der Waals surface area contributed by atoms with Crippen molar-refractivity contribution in [2.24, 2.45) is 0 Å². The van der Waals surface area contributed by atoms with E-state index in [-0.39, 0.29) is 5.75 Å². The Morgan fingerprint density at radius 2 is 1.60 bits per heavy atom. The summed E-state index contributed by atoms with van der Waals surface area (Å²) in [5, 5.41) is 0. The third-order valence-corrected chi connectivity index (χ3v) is 10.7. The lowest BCUT2D eigenvalue weighted by Crippen LogP contribution is -2.42. The molecule has 0 rings (SSSR count). The summed E-state index contributed by atoms with van der Waals surface area (Å²) in [4.78, 5) is 0. The Morgan fingerprint density at radius 3 is 1.87 bits per heavy atom. The molecule has 0 aromatic heterocycles. The quantitative estimate of drug-likeness (QED) is 0.654. The summed E-state index contributed by atoms with van der Waals surface area (Å²) in [6.45, 7) is 10.1. The second kappa shape index (κ2) is 6.01. The first kappa shape index (κ1) is 15.1. The van der Waals surface area contributed by atoms with Gasteiger partial charge in [-0.15, -0.1) is 0 Å². The third-order valence-electron chi connectivity index (χ3n) is 3.00. The minimum absolute atomic E-state index is 0.147. The molecule has 92 valence electrons. The van der Waals surface area contributed by atoms with Crippen LogP contribution in [0.1, 0.15) is 41.0 Å². The van der Waals surface area contributed by atoms with E-state index in [1.54, 1.807) is 0 Å². The lowest BCUT2D eigenvalue weighted by Gasteiger charge is -2.32. The van der Waals surface area contributed by atoms with Gasteiger partial charge in [-0.1, -0.05) is 34.6 Å². The van der Waals surface area contributed by atoms with Crippen molar-refractivity contribution in [2.45, 2.75) is 58.7 Å². The van der Waals surface area contributed by atoms with Crippen LogP contribution in [-0.2, 0) is 14.0 Å². The maximum Gasteiger partial charge on any atom is 0.257 e. The van der Waals surface area contributed by atoms with E-state index in [2.05, 4.69) is 13.8 Å². The molecule has 0 aromatic carbocycles. The third kappa shape index (κ3) is 4.24. The minimum atomic E-state index is -3.30. The highest BCUT2D eigenvalue weighted by molar-refractivity contribution is 7.87. The van der Waals surface area contributed by atoms with E-state index in [1.165, 1.54) is 0 Å². The summed E-state index contributed by atoms with van der Waals surface area (Å²) in [6, 6.07) is 1.73. The molecule has 0 atom stereocenters. The largest absolute Gasteiger partial charge is 0.314 e. The highest BCUT2D eigenvalue weighted by atomic mass is 32.2. The van der Waals surface area contributed by atoms with Gasteiger partial charge in [0, 0.05) is 0 Å². The fourth-order valence-corrected chi connectivity index (χ4v) is 8.53. The Bertz CT molecular complexity index is 268. The Morgan fingerprint density at radius 1 is 1.13 bits per heavy atom. The van der Waals surface area contributed by atoms with E-state index < -0.39 is 18.4 Å². The minimum Gasteiger partial charge on any atom is -0.314 e. The fourth-order valence-electron chi connectivity index (χ4n) is 1.83. The average Bonchev–Trinajstić information content (AvgIpc) is 2.13. The van der Waals surface area contributed by atoms with Crippen LogP contribution in [0.25, 0.3) is 0 Å². The summed E-state index contributed by atoms with van der Waals surface area (Å²) in [5.41, 5.74) is 0.346. The van der Waals surface area contributed by atoms with E-state index in [0.717, 1.165) is 12.1 Å². The zero-order chi connectivity index (χ0) is 12.1. The molecular formula is C10H24O3SSi. The van der Waals surface area contributed by atoms with Crippen molar-refractivity contribution >= 4 is 18.4 Å². The van der Waals surface area contributed by atoms with Crippen molar-refractivity contribution in [1.29, 1.82) is 0 Å². The molecule has 0 saturated heterocycles. The van der Waals surface area contributed by atoms with E-state index in [1.807, 2.05) is 20.8 Å². The highest BCUT2D eigenvalue weighted by Crippen LogP contribution is 2.31. The Kier molecular flexibility index (Phi) is 6.06. The van der Waals surface area contributed by atoms with E-state index in [9.17, 15) is 8.42 Å². The van der Waals surface area contributed by atoms with Crippen LogP contribution in [0.2, 0.25) is 17.6 Å². The van der Waals surface area contributed by atoms with Gasteiger partial charge in [0.25, 0.3) is 10.1 Å². The van der Waals surface area contributed by atoms with Gasteiger partial charge >= 0.3 is 0 Å². The first-order valence-electron chi connectivity index (χ1n) is 5.76. The maximum absolute atomic E-state index is 11.7. The molecule has 0 radical (unpaired) electrons. The molecule has 3 nitrogen and oxygen atoms in total. The normalized spacial score (nSPS) is 13.5. The zero-order valence-electron chi connectivity index (χ0n) is 10.5. The van der Waals surface area contributed by atoms with Crippen molar-refractivity contribution in [3.8, 4) is 0 Å². The first-order chi connectivity index (χ1) is 6.83. The number of hydrogen-bond acceptors (Lipinski definition) is 3. The molecule has 15 heavy (non-hydrogen) atoms. The van der Waals surface area contributed by atoms with Gasteiger partial charge in [-0.2, -0.15) is 0 Å². The van der Waals surface area contributed by atoms with Gasteiger partial charge in [-0.3, -0.25) is 0 Å². The molecule has 0 bridgehead atoms. The molecule has 0 spiro atoms. The molecular weight excluding hydrogens is 228 g/mol. The standard InChI is InChI=1S/C10H24O3SSi/c1-6-9-14(11,12)13-15(7-2,8-3)10(4)5/h10H,6-9H2,1-5H3. The average molecular weight is 252 g/mol. The van der Waals surface area contributed by atoms with Gasteiger partial charge < -0.3 is 3.87 Å². The van der Waals surface area contributed by atoms with Crippen molar-refractivity contribution < 1.29 is 12.3 Å². The van der Waals surface area contributed by atoms with Gasteiger partial charge in [0.05, 0.1) is 5.75 Å². The topological polar surface area (TPSA) is 43.4 Å². The van der Waals surface area contributed by atoms with Crippen LogP contribution in [0.5, 0.6) is 0 Å². The van der Waals surface area contributed by atoms with Gasteiger partial charge in [0.1, 0.15) is 0 Å². The molecule has 0 aliphatic heterocycles. The predicted molar refractivity (Wildman–Crippen MR) is 67.0 cm³/mol. The van der Waals surface area contributed by atoms with E-state index in [4.69, 9.17) is 3.87 Å². The summed E-state index contributed by atoms with van der Waals surface area (Å²) < 4.78 is 28.9. The van der Waals surface area contributed by atoms with E-state index in [0.29, 0.717) is 12.0 Å². The molecule has 0 aliphatic rings. The monoisotopic (exact) mass is 252 g/mol. The van der Waals surface area contributed by atoms with Crippen molar-refractivity contribution in [1.82, 2.24) is 0 Å². The fraction of sp³-hybridized carbons (Fsp3) is 1.00. The first-order valence-corrected chi connectivity index (χ1v) is 9.74. The molecule has 0 saturated carbocycles. The summed E-state index contributed by atoms with van der Waals surface area (Å²) in [5.74, 6) is 0.147. The SMILES string of the molecule is CCCS(=O)(=O)O[Si](CC)(CC)C(C)C. The van der Waals surface area contributed by atoms with Crippen molar-refractivity contribution in [2.75, 3.05) is 5.75 Å². The van der Waals surface area contributed by atoms with Gasteiger partial charge in [-0.05, 0) is 24.1 Å². The molecule has 0 heterocycles. The van der Waals surface area contributed by atoms with Crippen LogP contribution < -0.4 is 0 Å². The summed E-state index contributed by atoms with van der Waals surface area (Å²) in [7, 11) is -5.38. The van der Waals surface area contributed by atoms with Crippen molar-refractivity contribution in [3.63, 3.8) is 0 Å². The Labute approximate surface area is 95.5 Å². The predicted octanol–water partition coefficient (Wildman–Crippen LogP) is 3.14.